The highest BCUT2D eigenvalue weighted by atomic mass is 16.6. The highest BCUT2D eigenvalue weighted by molar-refractivity contribution is 6.05. The Morgan fingerprint density at radius 1 is 1.17 bits per heavy atom. The van der Waals surface area contributed by atoms with Gasteiger partial charge in [-0.3, -0.25) is 24.3 Å². The molecule has 2 heterocycles. The second-order valence-corrected chi connectivity index (χ2v) is 6.64. The number of hydrogen-bond donors (Lipinski definition) is 1. The summed E-state index contributed by atoms with van der Waals surface area (Å²) in [5.41, 5.74) is -0.319. The molecule has 1 saturated heterocycles. The number of rotatable bonds is 6. The molecule has 0 unspecified atom stereocenters. The second kappa shape index (κ2) is 9.31. The molecular weight excluding hydrogens is 394 g/mol. The molecule has 10 heteroatoms. The van der Waals surface area contributed by atoms with Gasteiger partial charge in [-0.1, -0.05) is 18.2 Å². The van der Waals surface area contributed by atoms with Gasteiger partial charge in [0.25, 0.3) is 5.91 Å². The molecule has 30 heavy (non-hydrogen) atoms. The molecule has 0 bridgehead atoms. The second-order valence-electron chi connectivity index (χ2n) is 6.64. The van der Waals surface area contributed by atoms with Gasteiger partial charge in [0.15, 0.2) is 6.23 Å². The molecule has 1 fully saturated rings. The van der Waals surface area contributed by atoms with Gasteiger partial charge in [0.1, 0.15) is 18.5 Å². The van der Waals surface area contributed by atoms with Crippen molar-refractivity contribution in [2.24, 2.45) is 0 Å². The van der Waals surface area contributed by atoms with Crippen LogP contribution < -0.4 is 10.6 Å². The summed E-state index contributed by atoms with van der Waals surface area (Å²) >= 11 is 0. The number of hydrogen-bond acceptors (Lipinski definition) is 8. The summed E-state index contributed by atoms with van der Waals surface area (Å²) in [6, 6.07) is 9.82. The van der Waals surface area contributed by atoms with E-state index < -0.39 is 42.0 Å². The number of amides is 1. The van der Waals surface area contributed by atoms with Crippen molar-refractivity contribution in [3.63, 3.8) is 0 Å². The zero-order valence-electron chi connectivity index (χ0n) is 16.4. The minimum atomic E-state index is -1.06. The Bertz CT molecular complexity index is 976. The van der Waals surface area contributed by atoms with Crippen LogP contribution >= 0.6 is 0 Å². The molecule has 0 spiro atoms. The summed E-state index contributed by atoms with van der Waals surface area (Å²) in [6.07, 6.45) is -1.05. The number of carbonyl (C=O) groups excluding carboxylic acids is 3. The average Bonchev–Trinajstić information content (AvgIpc) is 3.09. The lowest BCUT2D eigenvalue weighted by Crippen LogP contribution is -2.48. The zero-order valence-corrected chi connectivity index (χ0v) is 16.4. The molecular formula is C20H21N3O7. The first-order valence-corrected chi connectivity index (χ1v) is 9.25. The maximum Gasteiger partial charge on any atom is 0.346 e. The standard InChI is InChI=1S/C20H21N3O7/c1-12(24)28-11-15-10-16(29-13(2)25)19(30-15)23(17-8-9-21-20(27)22-17)18(26)14-6-4-3-5-7-14/h3-9,15-16,19H,10-11H2,1-2H3,(H,21,22,27)/t15-,16+,19+/m0/s1. The summed E-state index contributed by atoms with van der Waals surface area (Å²) < 4.78 is 16.3. The molecule has 0 radical (unpaired) electrons. The number of H-pyrrole nitrogens is 1. The van der Waals surface area contributed by atoms with Gasteiger partial charge in [-0.25, -0.2) is 9.78 Å². The van der Waals surface area contributed by atoms with E-state index >= 15 is 0 Å². The molecule has 10 nitrogen and oxygen atoms in total. The van der Waals surface area contributed by atoms with Gasteiger partial charge in [0, 0.05) is 32.0 Å². The van der Waals surface area contributed by atoms with E-state index in [0.29, 0.717) is 5.56 Å². The molecule has 1 N–H and O–H groups in total. The van der Waals surface area contributed by atoms with Crippen molar-refractivity contribution >= 4 is 23.7 Å². The highest BCUT2D eigenvalue weighted by Gasteiger charge is 2.44. The Hall–Kier alpha value is -3.53. The number of ether oxygens (including phenoxy) is 3. The molecule has 1 aliphatic heterocycles. The molecule has 3 rings (SSSR count). The maximum absolute atomic E-state index is 13.3. The van der Waals surface area contributed by atoms with Gasteiger partial charge in [-0.15, -0.1) is 0 Å². The van der Waals surface area contributed by atoms with Crippen molar-refractivity contribution in [3.05, 3.63) is 58.6 Å². The molecule has 1 amide bonds. The van der Waals surface area contributed by atoms with Crippen LogP contribution in [0.3, 0.4) is 0 Å². The van der Waals surface area contributed by atoms with E-state index in [-0.39, 0.29) is 18.8 Å². The lowest BCUT2D eigenvalue weighted by molar-refractivity contribution is -0.149. The van der Waals surface area contributed by atoms with Crippen molar-refractivity contribution < 1.29 is 28.6 Å². The van der Waals surface area contributed by atoms with Crippen LogP contribution in [0, 0.1) is 0 Å². The van der Waals surface area contributed by atoms with E-state index in [1.807, 2.05) is 0 Å². The van der Waals surface area contributed by atoms with Crippen LogP contribution in [0.15, 0.2) is 47.4 Å². The van der Waals surface area contributed by atoms with E-state index in [1.165, 1.54) is 31.0 Å². The molecule has 1 aliphatic rings. The molecule has 158 valence electrons. The predicted octanol–water partition coefficient (Wildman–Crippen LogP) is 1.03. The molecule has 0 aliphatic carbocycles. The third-order valence-electron chi connectivity index (χ3n) is 4.35. The first-order chi connectivity index (χ1) is 14.3. The zero-order chi connectivity index (χ0) is 21.7. The molecule has 1 aromatic carbocycles. The number of aromatic nitrogens is 2. The van der Waals surface area contributed by atoms with Crippen LogP contribution in [0.25, 0.3) is 0 Å². The van der Waals surface area contributed by atoms with Crippen molar-refractivity contribution in [2.45, 2.75) is 38.7 Å². The van der Waals surface area contributed by atoms with Gasteiger partial charge in [0.2, 0.25) is 0 Å². The van der Waals surface area contributed by atoms with Crippen LogP contribution in [-0.4, -0.2) is 52.9 Å². The fourth-order valence-electron chi connectivity index (χ4n) is 3.16. The number of anilines is 1. The van der Waals surface area contributed by atoms with E-state index in [9.17, 15) is 19.2 Å². The smallest absolute Gasteiger partial charge is 0.346 e. The molecule has 3 atom stereocenters. The van der Waals surface area contributed by atoms with Crippen LogP contribution in [0.5, 0.6) is 0 Å². The molecule has 1 aromatic heterocycles. The van der Waals surface area contributed by atoms with Crippen LogP contribution in [0.1, 0.15) is 30.6 Å². The highest BCUT2D eigenvalue weighted by Crippen LogP contribution is 2.30. The first kappa shape index (κ1) is 21.2. The Labute approximate surface area is 171 Å². The van der Waals surface area contributed by atoms with E-state index in [2.05, 4.69) is 9.97 Å². The van der Waals surface area contributed by atoms with E-state index in [1.54, 1.807) is 30.3 Å². The quantitative estimate of drug-likeness (QED) is 0.693. The first-order valence-electron chi connectivity index (χ1n) is 9.25. The number of nitrogens with one attached hydrogen (secondary N) is 1. The largest absolute Gasteiger partial charge is 0.463 e. The monoisotopic (exact) mass is 415 g/mol. The van der Waals surface area contributed by atoms with Gasteiger partial charge in [-0.2, -0.15) is 0 Å². The number of benzene rings is 1. The Morgan fingerprint density at radius 3 is 2.53 bits per heavy atom. The summed E-state index contributed by atoms with van der Waals surface area (Å²) in [6.45, 7) is 2.45. The normalized spacial score (nSPS) is 20.4. The fraction of sp³-hybridized carbons (Fsp3) is 0.350. The average molecular weight is 415 g/mol. The van der Waals surface area contributed by atoms with Crippen molar-refractivity contribution in [2.75, 3.05) is 11.5 Å². The Morgan fingerprint density at radius 2 is 1.90 bits per heavy atom. The SMILES string of the molecule is CC(=O)OC[C@@H]1C[C@@H](OC(C)=O)[C@H](N(C(=O)c2ccccc2)c2ccnc(=O)[nH]2)O1. The third kappa shape index (κ3) is 5.09. The fourth-order valence-corrected chi connectivity index (χ4v) is 3.16. The summed E-state index contributed by atoms with van der Waals surface area (Å²) in [5.74, 6) is -1.40. The minimum absolute atomic E-state index is 0.0656. The lowest BCUT2D eigenvalue weighted by atomic mass is 10.1. The van der Waals surface area contributed by atoms with E-state index in [0.717, 1.165) is 0 Å². The maximum atomic E-state index is 13.3. The third-order valence-corrected chi connectivity index (χ3v) is 4.35. The summed E-state index contributed by atoms with van der Waals surface area (Å²) in [4.78, 5) is 55.2. The minimum Gasteiger partial charge on any atom is -0.463 e. The van der Waals surface area contributed by atoms with Crippen LogP contribution in [-0.2, 0) is 23.8 Å². The number of aromatic amines is 1. The van der Waals surface area contributed by atoms with Crippen molar-refractivity contribution in [1.29, 1.82) is 0 Å². The molecule has 2 aromatic rings. The Balaban J connectivity index is 1.99. The van der Waals surface area contributed by atoms with Gasteiger partial charge in [0.05, 0.1) is 6.10 Å². The number of nitrogens with zero attached hydrogens (tertiary/aromatic N) is 2. The van der Waals surface area contributed by atoms with Gasteiger partial charge >= 0.3 is 17.6 Å². The van der Waals surface area contributed by atoms with Crippen molar-refractivity contribution in [1.82, 2.24) is 9.97 Å². The topological polar surface area (TPSA) is 128 Å². The van der Waals surface area contributed by atoms with Crippen molar-refractivity contribution in [3.8, 4) is 0 Å². The van der Waals surface area contributed by atoms with Gasteiger partial charge in [-0.05, 0) is 18.2 Å². The van der Waals surface area contributed by atoms with E-state index in [4.69, 9.17) is 14.2 Å². The Kier molecular flexibility index (Phi) is 6.58. The predicted molar refractivity (Wildman–Crippen MR) is 104 cm³/mol. The number of carbonyl (C=O) groups is 3. The van der Waals surface area contributed by atoms with Crippen LogP contribution in [0.2, 0.25) is 0 Å². The van der Waals surface area contributed by atoms with Gasteiger partial charge < -0.3 is 14.2 Å². The van der Waals surface area contributed by atoms with Crippen LogP contribution in [0.4, 0.5) is 5.82 Å². The summed E-state index contributed by atoms with van der Waals surface area (Å²) in [5, 5.41) is 0. The summed E-state index contributed by atoms with van der Waals surface area (Å²) in [7, 11) is 0. The number of esters is 2. The lowest BCUT2D eigenvalue weighted by Gasteiger charge is -2.31. The molecule has 0 saturated carbocycles.